The van der Waals surface area contributed by atoms with Crippen molar-refractivity contribution >= 4 is 34.8 Å². The normalized spacial score (nSPS) is 12.2. The Labute approximate surface area is 121 Å². The van der Waals surface area contributed by atoms with Crippen LogP contribution < -0.4 is 4.74 Å². The van der Waals surface area contributed by atoms with Crippen molar-refractivity contribution in [2.45, 2.75) is 5.38 Å². The van der Waals surface area contributed by atoms with Crippen LogP contribution >= 0.6 is 34.8 Å². The second-order valence-electron chi connectivity index (χ2n) is 3.77. The monoisotopic (exact) mass is 300 g/mol. The molecule has 94 valence electrons. The molecule has 0 aliphatic carbocycles. The third-order valence-electron chi connectivity index (χ3n) is 2.65. The lowest BCUT2D eigenvalue weighted by Gasteiger charge is -2.15. The summed E-state index contributed by atoms with van der Waals surface area (Å²) < 4.78 is 5.30. The molecular formula is C14H11Cl3O. The van der Waals surface area contributed by atoms with Crippen molar-refractivity contribution in [2.75, 3.05) is 7.11 Å². The van der Waals surface area contributed by atoms with Crippen LogP contribution in [0, 0.1) is 0 Å². The van der Waals surface area contributed by atoms with E-state index in [0.717, 1.165) is 16.9 Å². The quantitative estimate of drug-likeness (QED) is 0.696. The fourth-order valence-corrected chi connectivity index (χ4v) is 2.69. The summed E-state index contributed by atoms with van der Waals surface area (Å²) in [6.07, 6.45) is 0. The van der Waals surface area contributed by atoms with E-state index >= 15 is 0 Å². The highest BCUT2D eigenvalue weighted by atomic mass is 35.5. The van der Waals surface area contributed by atoms with E-state index in [1.807, 2.05) is 30.3 Å². The molecule has 1 nitrogen and oxygen atoms in total. The topological polar surface area (TPSA) is 9.23 Å². The van der Waals surface area contributed by atoms with Crippen LogP contribution in [-0.4, -0.2) is 7.11 Å². The Bertz CT molecular complexity index is 554. The zero-order valence-corrected chi connectivity index (χ0v) is 11.9. The van der Waals surface area contributed by atoms with E-state index in [0.29, 0.717) is 10.0 Å². The number of methoxy groups -OCH3 is 1. The maximum Gasteiger partial charge on any atom is 0.123 e. The molecule has 18 heavy (non-hydrogen) atoms. The van der Waals surface area contributed by atoms with Gasteiger partial charge in [0.25, 0.3) is 0 Å². The van der Waals surface area contributed by atoms with E-state index in [2.05, 4.69) is 0 Å². The Morgan fingerprint density at radius 2 is 1.72 bits per heavy atom. The van der Waals surface area contributed by atoms with Gasteiger partial charge in [-0.3, -0.25) is 0 Å². The van der Waals surface area contributed by atoms with Crippen LogP contribution in [0.4, 0.5) is 0 Å². The molecule has 2 rings (SSSR count). The van der Waals surface area contributed by atoms with Gasteiger partial charge in [0.2, 0.25) is 0 Å². The number of hydrogen-bond donors (Lipinski definition) is 0. The van der Waals surface area contributed by atoms with Gasteiger partial charge in [0, 0.05) is 15.6 Å². The van der Waals surface area contributed by atoms with E-state index in [4.69, 9.17) is 39.5 Å². The molecule has 0 saturated carbocycles. The number of halogens is 3. The molecule has 0 amide bonds. The summed E-state index contributed by atoms with van der Waals surface area (Å²) in [4.78, 5) is 0. The fourth-order valence-electron chi connectivity index (χ4n) is 1.75. The number of para-hydroxylation sites is 1. The Morgan fingerprint density at radius 1 is 1.00 bits per heavy atom. The smallest absolute Gasteiger partial charge is 0.123 e. The van der Waals surface area contributed by atoms with Crippen LogP contribution in [0.5, 0.6) is 5.75 Å². The van der Waals surface area contributed by atoms with Crippen molar-refractivity contribution in [2.24, 2.45) is 0 Å². The first-order chi connectivity index (χ1) is 8.63. The van der Waals surface area contributed by atoms with Crippen molar-refractivity contribution in [3.63, 3.8) is 0 Å². The van der Waals surface area contributed by atoms with Gasteiger partial charge in [-0.2, -0.15) is 0 Å². The Kier molecular flexibility index (Phi) is 4.39. The molecule has 1 unspecified atom stereocenters. The average molecular weight is 302 g/mol. The summed E-state index contributed by atoms with van der Waals surface area (Å²) >= 11 is 18.5. The van der Waals surface area contributed by atoms with Crippen LogP contribution in [0.1, 0.15) is 16.5 Å². The third kappa shape index (κ3) is 2.74. The van der Waals surface area contributed by atoms with Gasteiger partial charge in [-0.15, -0.1) is 11.6 Å². The maximum absolute atomic E-state index is 6.47. The SMILES string of the molecule is COc1ccccc1C(Cl)c1ccc(Cl)cc1Cl. The molecule has 2 aromatic rings. The number of alkyl halides is 1. The highest BCUT2D eigenvalue weighted by Gasteiger charge is 2.17. The van der Waals surface area contributed by atoms with Crippen LogP contribution in [0.15, 0.2) is 42.5 Å². The molecule has 0 N–H and O–H groups in total. The molecule has 0 aliphatic rings. The zero-order valence-electron chi connectivity index (χ0n) is 9.66. The van der Waals surface area contributed by atoms with Gasteiger partial charge in [-0.1, -0.05) is 47.5 Å². The molecule has 0 heterocycles. The first-order valence-electron chi connectivity index (χ1n) is 5.35. The first kappa shape index (κ1) is 13.5. The highest BCUT2D eigenvalue weighted by molar-refractivity contribution is 6.36. The predicted molar refractivity (Wildman–Crippen MR) is 77.2 cm³/mol. The molecule has 0 radical (unpaired) electrons. The van der Waals surface area contributed by atoms with E-state index < -0.39 is 0 Å². The number of ether oxygens (including phenoxy) is 1. The number of rotatable bonds is 3. The van der Waals surface area contributed by atoms with E-state index in [1.54, 1.807) is 19.2 Å². The summed E-state index contributed by atoms with van der Waals surface area (Å²) in [5, 5.41) is 0.770. The molecule has 0 fully saturated rings. The third-order valence-corrected chi connectivity index (χ3v) is 3.68. The minimum atomic E-state index is -0.370. The second kappa shape index (κ2) is 5.83. The lowest BCUT2D eigenvalue weighted by Crippen LogP contribution is -1.98. The van der Waals surface area contributed by atoms with Crippen LogP contribution in [0.2, 0.25) is 10.0 Å². The summed E-state index contributed by atoms with van der Waals surface area (Å²) in [5.41, 5.74) is 1.69. The zero-order chi connectivity index (χ0) is 13.1. The van der Waals surface area contributed by atoms with E-state index in [9.17, 15) is 0 Å². The summed E-state index contributed by atoms with van der Waals surface area (Å²) in [7, 11) is 1.62. The Hall–Kier alpha value is -0.890. The Morgan fingerprint density at radius 3 is 2.39 bits per heavy atom. The second-order valence-corrected chi connectivity index (χ2v) is 5.05. The summed E-state index contributed by atoms with van der Waals surface area (Å²) in [6.45, 7) is 0. The molecule has 1 atom stereocenters. The minimum absolute atomic E-state index is 0.370. The maximum atomic E-state index is 6.47. The Balaban J connectivity index is 2.44. The number of benzene rings is 2. The van der Waals surface area contributed by atoms with Gasteiger partial charge in [0.05, 0.1) is 12.5 Å². The molecule has 0 spiro atoms. The van der Waals surface area contributed by atoms with E-state index in [-0.39, 0.29) is 5.38 Å². The van der Waals surface area contributed by atoms with Crippen molar-refractivity contribution in [1.82, 2.24) is 0 Å². The number of hydrogen-bond acceptors (Lipinski definition) is 1. The molecule has 0 aliphatic heterocycles. The molecule has 2 aromatic carbocycles. The van der Waals surface area contributed by atoms with Gasteiger partial charge < -0.3 is 4.74 Å². The van der Waals surface area contributed by atoms with Gasteiger partial charge in [0.1, 0.15) is 5.75 Å². The predicted octanol–water partition coefficient (Wildman–Crippen LogP) is 5.33. The minimum Gasteiger partial charge on any atom is -0.496 e. The summed E-state index contributed by atoms with van der Waals surface area (Å²) in [6, 6.07) is 12.9. The van der Waals surface area contributed by atoms with Crippen LogP contribution in [-0.2, 0) is 0 Å². The van der Waals surface area contributed by atoms with Crippen molar-refractivity contribution in [3.8, 4) is 5.75 Å². The summed E-state index contributed by atoms with van der Waals surface area (Å²) in [5.74, 6) is 0.739. The van der Waals surface area contributed by atoms with Gasteiger partial charge in [0.15, 0.2) is 0 Å². The fraction of sp³-hybridized carbons (Fsp3) is 0.143. The van der Waals surface area contributed by atoms with Crippen LogP contribution in [0.25, 0.3) is 0 Å². The molecule has 0 saturated heterocycles. The van der Waals surface area contributed by atoms with Crippen molar-refractivity contribution < 1.29 is 4.74 Å². The highest BCUT2D eigenvalue weighted by Crippen LogP contribution is 2.38. The average Bonchev–Trinajstić information content (AvgIpc) is 2.38. The largest absolute Gasteiger partial charge is 0.496 e. The lowest BCUT2D eigenvalue weighted by atomic mass is 10.0. The molecular weight excluding hydrogens is 291 g/mol. The van der Waals surface area contributed by atoms with Crippen LogP contribution in [0.3, 0.4) is 0 Å². The molecule has 0 bridgehead atoms. The standard InChI is InChI=1S/C14H11Cl3O/c1-18-13-5-3-2-4-11(13)14(17)10-7-6-9(15)8-12(10)16/h2-8,14H,1H3. The molecule has 4 heteroatoms. The van der Waals surface area contributed by atoms with Gasteiger partial charge in [-0.25, -0.2) is 0 Å². The lowest BCUT2D eigenvalue weighted by molar-refractivity contribution is 0.410. The van der Waals surface area contributed by atoms with E-state index in [1.165, 1.54) is 0 Å². The van der Waals surface area contributed by atoms with Crippen molar-refractivity contribution in [1.29, 1.82) is 0 Å². The van der Waals surface area contributed by atoms with Gasteiger partial charge >= 0.3 is 0 Å². The van der Waals surface area contributed by atoms with Crippen molar-refractivity contribution in [3.05, 3.63) is 63.6 Å². The van der Waals surface area contributed by atoms with Gasteiger partial charge in [-0.05, 0) is 23.8 Å². The first-order valence-corrected chi connectivity index (χ1v) is 6.54. The molecule has 0 aromatic heterocycles.